The summed E-state index contributed by atoms with van der Waals surface area (Å²) in [7, 11) is 0. The van der Waals surface area contributed by atoms with Gasteiger partial charge in [-0.15, -0.1) is 0 Å². The van der Waals surface area contributed by atoms with E-state index in [4.69, 9.17) is 4.42 Å². The number of hydrogen-bond acceptors (Lipinski definition) is 4. The number of furan rings is 1. The van der Waals surface area contributed by atoms with E-state index in [1.54, 1.807) is 52.4 Å². The maximum Gasteiger partial charge on any atom is 0.258 e. The minimum absolute atomic E-state index is 0.0917. The first-order valence-electron chi connectivity index (χ1n) is 9.65. The predicted molar refractivity (Wildman–Crippen MR) is 107 cm³/mol. The van der Waals surface area contributed by atoms with Gasteiger partial charge in [0, 0.05) is 24.9 Å². The number of fused-ring (bicyclic) bond motifs is 3. The van der Waals surface area contributed by atoms with E-state index in [9.17, 15) is 4.79 Å². The molecule has 0 aliphatic carbocycles. The van der Waals surface area contributed by atoms with Crippen molar-refractivity contribution in [1.29, 1.82) is 0 Å². The topological polar surface area (TPSA) is 79.4 Å². The van der Waals surface area contributed by atoms with Gasteiger partial charge >= 0.3 is 0 Å². The highest BCUT2D eigenvalue weighted by atomic mass is 19.1. The minimum Gasteiger partial charge on any atom is -0.455 e. The summed E-state index contributed by atoms with van der Waals surface area (Å²) in [6, 6.07) is 11.7. The zero-order valence-electron chi connectivity index (χ0n) is 15.7. The van der Waals surface area contributed by atoms with Gasteiger partial charge in [-0.3, -0.25) is 4.79 Å². The fraction of sp³-hybridized carbons (Fsp3) is 0.136. The molecule has 0 spiro atoms. The van der Waals surface area contributed by atoms with Crippen molar-refractivity contribution in [2.45, 2.75) is 12.5 Å². The summed E-state index contributed by atoms with van der Waals surface area (Å²) in [4.78, 5) is 22.7. The number of aromatic nitrogens is 4. The first kappa shape index (κ1) is 17.0. The number of pyridine rings is 1. The van der Waals surface area contributed by atoms with Crippen molar-refractivity contribution < 1.29 is 13.6 Å². The molecule has 0 unspecified atom stereocenters. The highest BCUT2D eigenvalue weighted by Gasteiger charge is 2.39. The second kappa shape index (κ2) is 6.28. The SMILES string of the molecule is O=C(c1cnn2ccccc12)N1CCc2[nH]cnc2[C@@H]1c1oc2ccccc2c1F. The maximum absolute atomic E-state index is 15.4. The van der Waals surface area contributed by atoms with Crippen LogP contribution in [0, 0.1) is 5.82 Å². The lowest BCUT2D eigenvalue weighted by molar-refractivity contribution is 0.0670. The molecule has 4 aromatic heterocycles. The molecule has 5 aromatic rings. The average molecular weight is 401 g/mol. The van der Waals surface area contributed by atoms with Crippen molar-refractivity contribution in [2.75, 3.05) is 6.54 Å². The summed E-state index contributed by atoms with van der Waals surface area (Å²) in [6.45, 7) is 0.402. The van der Waals surface area contributed by atoms with Gasteiger partial charge in [0.1, 0.15) is 11.6 Å². The number of carbonyl (C=O) groups is 1. The van der Waals surface area contributed by atoms with Crippen LogP contribution >= 0.6 is 0 Å². The fourth-order valence-corrected chi connectivity index (χ4v) is 4.22. The molecule has 0 radical (unpaired) electrons. The third kappa shape index (κ3) is 2.33. The number of nitrogens with one attached hydrogen (secondary N) is 1. The van der Waals surface area contributed by atoms with E-state index < -0.39 is 11.9 Å². The Morgan fingerprint density at radius 3 is 2.97 bits per heavy atom. The quantitative estimate of drug-likeness (QED) is 0.489. The van der Waals surface area contributed by atoms with Crippen molar-refractivity contribution in [3.8, 4) is 0 Å². The molecular weight excluding hydrogens is 385 g/mol. The lowest BCUT2D eigenvalue weighted by Gasteiger charge is -2.33. The van der Waals surface area contributed by atoms with E-state index in [1.807, 2.05) is 18.2 Å². The second-order valence-corrected chi connectivity index (χ2v) is 7.28. The zero-order chi connectivity index (χ0) is 20.2. The van der Waals surface area contributed by atoms with E-state index >= 15 is 4.39 Å². The Labute approximate surface area is 169 Å². The van der Waals surface area contributed by atoms with Crippen molar-refractivity contribution in [1.82, 2.24) is 24.5 Å². The average Bonchev–Trinajstić information content (AvgIpc) is 3.50. The van der Waals surface area contributed by atoms with Gasteiger partial charge in [0.2, 0.25) is 0 Å². The highest BCUT2D eigenvalue weighted by Crippen LogP contribution is 2.39. The summed E-state index contributed by atoms with van der Waals surface area (Å²) in [5.74, 6) is -0.618. The first-order valence-corrected chi connectivity index (χ1v) is 9.65. The fourth-order valence-electron chi connectivity index (χ4n) is 4.22. The van der Waals surface area contributed by atoms with Gasteiger partial charge in [0.05, 0.1) is 34.7 Å². The molecule has 1 N–H and O–H groups in total. The van der Waals surface area contributed by atoms with Gasteiger partial charge in [-0.2, -0.15) is 5.10 Å². The molecule has 148 valence electrons. The predicted octanol–water partition coefficient (Wildman–Crippen LogP) is 3.73. The van der Waals surface area contributed by atoms with E-state index in [0.29, 0.717) is 40.7 Å². The van der Waals surface area contributed by atoms with E-state index in [0.717, 1.165) is 5.69 Å². The zero-order valence-corrected chi connectivity index (χ0v) is 15.7. The lowest BCUT2D eigenvalue weighted by Crippen LogP contribution is -2.41. The molecule has 0 saturated carbocycles. The van der Waals surface area contributed by atoms with Crippen LogP contribution in [0.25, 0.3) is 16.5 Å². The van der Waals surface area contributed by atoms with Crippen LogP contribution in [0.5, 0.6) is 0 Å². The summed E-state index contributed by atoms with van der Waals surface area (Å²) in [5.41, 5.74) is 3.07. The van der Waals surface area contributed by atoms with Gasteiger partial charge in [-0.05, 0) is 24.3 Å². The maximum atomic E-state index is 15.4. The van der Waals surface area contributed by atoms with Crippen LogP contribution in [0.1, 0.15) is 33.5 Å². The van der Waals surface area contributed by atoms with Crippen molar-refractivity contribution in [2.24, 2.45) is 0 Å². The monoisotopic (exact) mass is 401 g/mol. The Morgan fingerprint density at radius 2 is 2.07 bits per heavy atom. The van der Waals surface area contributed by atoms with Gasteiger partial charge in [0.25, 0.3) is 5.91 Å². The number of H-pyrrole nitrogens is 1. The number of carbonyl (C=O) groups excluding carboxylic acids is 1. The molecule has 6 rings (SSSR count). The van der Waals surface area contributed by atoms with E-state index in [-0.39, 0.29) is 11.7 Å². The number of imidazole rings is 1. The molecule has 0 saturated heterocycles. The number of aromatic amines is 1. The van der Waals surface area contributed by atoms with E-state index in [2.05, 4.69) is 15.1 Å². The lowest BCUT2D eigenvalue weighted by atomic mass is 9.99. The van der Waals surface area contributed by atoms with Crippen LogP contribution in [0.4, 0.5) is 4.39 Å². The first-order chi connectivity index (χ1) is 14.7. The van der Waals surface area contributed by atoms with Gasteiger partial charge in [0.15, 0.2) is 11.6 Å². The summed E-state index contributed by atoms with van der Waals surface area (Å²) < 4.78 is 22.9. The molecule has 8 heteroatoms. The Kier molecular flexibility index (Phi) is 3.55. The van der Waals surface area contributed by atoms with Crippen LogP contribution in [0.3, 0.4) is 0 Å². The Balaban J connectivity index is 1.52. The molecule has 1 atom stereocenters. The molecule has 1 aliphatic heterocycles. The summed E-state index contributed by atoms with van der Waals surface area (Å²) in [5, 5.41) is 4.66. The molecular formula is C22H16FN5O2. The molecule has 5 heterocycles. The van der Waals surface area contributed by atoms with Crippen molar-refractivity contribution >= 4 is 22.4 Å². The van der Waals surface area contributed by atoms with Crippen LogP contribution in [0.2, 0.25) is 0 Å². The Morgan fingerprint density at radius 1 is 1.20 bits per heavy atom. The molecule has 7 nitrogen and oxygen atoms in total. The summed E-state index contributed by atoms with van der Waals surface area (Å²) in [6.07, 6.45) is 5.49. The van der Waals surface area contributed by atoms with Crippen molar-refractivity contribution in [3.05, 3.63) is 89.7 Å². The van der Waals surface area contributed by atoms with Crippen LogP contribution < -0.4 is 0 Å². The van der Waals surface area contributed by atoms with Crippen LogP contribution in [0.15, 0.2) is 65.6 Å². The minimum atomic E-state index is -0.765. The van der Waals surface area contributed by atoms with Gasteiger partial charge in [-0.25, -0.2) is 13.9 Å². The van der Waals surface area contributed by atoms with Crippen LogP contribution in [-0.2, 0) is 6.42 Å². The Hall–Kier alpha value is -3.94. The smallest absolute Gasteiger partial charge is 0.258 e. The molecule has 0 bridgehead atoms. The molecule has 1 amide bonds. The van der Waals surface area contributed by atoms with Gasteiger partial charge in [-0.1, -0.05) is 18.2 Å². The normalized spacial score (nSPS) is 16.3. The number of halogens is 1. The number of nitrogens with zero attached hydrogens (tertiary/aromatic N) is 4. The largest absolute Gasteiger partial charge is 0.455 e. The summed E-state index contributed by atoms with van der Waals surface area (Å²) >= 11 is 0. The number of rotatable bonds is 2. The highest BCUT2D eigenvalue weighted by molar-refractivity contribution is 6.01. The van der Waals surface area contributed by atoms with Crippen LogP contribution in [-0.4, -0.2) is 36.9 Å². The molecule has 1 aliphatic rings. The number of para-hydroxylation sites is 1. The Bertz CT molecular complexity index is 1420. The second-order valence-electron chi connectivity index (χ2n) is 7.28. The molecule has 30 heavy (non-hydrogen) atoms. The number of hydrogen-bond donors (Lipinski definition) is 1. The molecule has 1 aromatic carbocycles. The number of benzene rings is 1. The number of amides is 1. The van der Waals surface area contributed by atoms with Crippen molar-refractivity contribution in [3.63, 3.8) is 0 Å². The standard InChI is InChI=1S/C22H16FN5O2/c23-18-13-5-1-2-7-17(13)30-21(18)20-19-15(24-12-25-19)8-10-27(20)22(29)14-11-26-28-9-4-3-6-16(14)28/h1-7,9,11-12,20H,8,10H2,(H,24,25)/t20-/m1/s1. The third-order valence-electron chi connectivity index (χ3n) is 5.65. The van der Waals surface area contributed by atoms with Gasteiger partial charge < -0.3 is 14.3 Å². The third-order valence-corrected chi connectivity index (χ3v) is 5.65. The molecule has 0 fully saturated rings. The van der Waals surface area contributed by atoms with E-state index in [1.165, 1.54) is 0 Å².